The van der Waals surface area contributed by atoms with Crippen LogP contribution in [0.25, 0.3) is 0 Å². The minimum atomic E-state index is -0.611. The van der Waals surface area contributed by atoms with Gasteiger partial charge < -0.3 is 14.6 Å². The molecule has 5 rings (SSSR count). The smallest absolute Gasteiger partial charge is 0.309 e. The average Bonchev–Trinajstić information content (AvgIpc) is 3.21. The fourth-order valence-electron chi connectivity index (χ4n) is 8.35. The molecule has 6 nitrogen and oxygen atoms in total. The lowest BCUT2D eigenvalue weighted by atomic mass is 9.43. The van der Waals surface area contributed by atoms with Gasteiger partial charge in [-0.05, 0) is 67.8 Å². The first-order valence-corrected chi connectivity index (χ1v) is 11.4. The van der Waals surface area contributed by atoms with Gasteiger partial charge >= 0.3 is 11.9 Å². The average molecular weight is 417 g/mol. The number of fused-ring (bicyclic) bond motifs is 6. The number of carbonyl (C=O) groups is 3. The van der Waals surface area contributed by atoms with E-state index in [0.717, 1.165) is 18.4 Å². The molecule has 0 aromatic carbocycles. The van der Waals surface area contributed by atoms with Gasteiger partial charge in [0.15, 0.2) is 5.78 Å². The molecule has 3 saturated carbocycles. The van der Waals surface area contributed by atoms with E-state index >= 15 is 0 Å². The molecule has 1 spiro atoms. The van der Waals surface area contributed by atoms with Gasteiger partial charge in [0, 0.05) is 18.3 Å². The molecule has 5 aliphatic rings. The third kappa shape index (κ3) is 2.43. The van der Waals surface area contributed by atoms with Crippen LogP contribution in [0.1, 0.15) is 65.2 Å². The molecule has 8 atom stereocenters. The number of carbonyl (C=O) groups excluding carboxylic acids is 3. The number of hydrogen-bond acceptors (Lipinski definition) is 6. The van der Waals surface area contributed by atoms with E-state index in [0.29, 0.717) is 38.5 Å². The molecule has 4 unspecified atom stereocenters. The second-order valence-electron chi connectivity index (χ2n) is 10.8. The Morgan fingerprint density at radius 1 is 1.20 bits per heavy atom. The van der Waals surface area contributed by atoms with Crippen LogP contribution in [0, 0.1) is 34.5 Å². The van der Waals surface area contributed by atoms with Crippen LogP contribution in [0.5, 0.6) is 0 Å². The Balaban J connectivity index is 1.62. The fraction of sp³-hybridized carbons (Fsp3) is 0.792. The summed E-state index contributed by atoms with van der Waals surface area (Å²) in [5, 5.41) is 11.6. The van der Waals surface area contributed by atoms with E-state index in [9.17, 15) is 19.5 Å². The molecule has 0 bridgehead atoms. The number of aliphatic hydroxyl groups excluding tert-OH is 1. The van der Waals surface area contributed by atoms with E-state index < -0.39 is 11.7 Å². The lowest BCUT2D eigenvalue weighted by molar-refractivity contribution is -0.197. The summed E-state index contributed by atoms with van der Waals surface area (Å²) in [4.78, 5) is 37.2. The summed E-state index contributed by atoms with van der Waals surface area (Å²) in [7, 11) is 1.42. The summed E-state index contributed by atoms with van der Waals surface area (Å²) >= 11 is 0. The van der Waals surface area contributed by atoms with Crippen molar-refractivity contribution in [1.82, 2.24) is 0 Å². The lowest BCUT2D eigenvalue weighted by Gasteiger charge is -2.62. The number of aliphatic hydroxyl groups is 1. The summed E-state index contributed by atoms with van der Waals surface area (Å²) in [5.74, 6) is -0.636. The number of esters is 2. The van der Waals surface area contributed by atoms with Crippen molar-refractivity contribution in [3.8, 4) is 0 Å². The van der Waals surface area contributed by atoms with Gasteiger partial charge in [-0.25, -0.2) is 0 Å². The molecule has 0 radical (unpaired) electrons. The zero-order valence-corrected chi connectivity index (χ0v) is 18.1. The van der Waals surface area contributed by atoms with Crippen LogP contribution >= 0.6 is 0 Å². The molecule has 0 aromatic heterocycles. The summed E-state index contributed by atoms with van der Waals surface area (Å²) < 4.78 is 11.2. The summed E-state index contributed by atoms with van der Waals surface area (Å²) in [5.41, 5.74) is -0.168. The molecule has 1 heterocycles. The number of ether oxygens (including phenoxy) is 2. The summed E-state index contributed by atoms with van der Waals surface area (Å²) in [6.45, 7) is 4.33. The van der Waals surface area contributed by atoms with Crippen LogP contribution in [0.3, 0.4) is 0 Å². The van der Waals surface area contributed by atoms with Gasteiger partial charge in [-0.2, -0.15) is 0 Å². The molecule has 164 valence electrons. The van der Waals surface area contributed by atoms with E-state index in [-0.39, 0.29) is 52.2 Å². The predicted octanol–water partition coefficient (Wildman–Crippen LogP) is 2.96. The number of methoxy groups -OCH3 is 1. The highest BCUT2D eigenvalue weighted by Crippen LogP contribution is 2.70. The standard InChI is InChI=1S/C24H32O6/c1-22-7-4-14(25)10-13(22)11-15(21(28)29-3)19-16-5-8-24(9-6-18(27)30-24)23(16,2)12-17(26)20(19)22/h10,15-17,19-20,26H,4-9,11-12H2,1-3H3/t15?,16?,17-,19?,20?,22+,23+,24-/m1/s1. The number of hydrogen-bond donors (Lipinski definition) is 1. The van der Waals surface area contributed by atoms with Gasteiger partial charge in [0.25, 0.3) is 0 Å². The van der Waals surface area contributed by atoms with Crippen molar-refractivity contribution in [2.45, 2.75) is 76.9 Å². The first-order valence-electron chi connectivity index (χ1n) is 11.4. The minimum absolute atomic E-state index is 0.0415. The SMILES string of the molecule is COC(=O)C1CC2=CC(=O)CC[C@]2(C)C2C1C1CC[C@@]3(CCC(=O)O3)[C@@]1(C)C[C@H]2O. The molecule has 30 heavy (non-hydrogen) atoms. The van der Waals surface area contributed by atoms with Crippen molar-refractivity contribution in [2.24, 2.45) is 34.5 Å². The Morgan fingerprint density at radius 2 is 1.97 bits per heavy atom. The van der Waals surface area contributed by atoms with Gasteiger partial charge in [-0.3, -0.25) is 14.4 Å². The van der Waals surface area contributed by atoms with Crippen LogP contribution in [0.15, 0.2) is 11.6 Å². The van der Waals surface area contributed by atoms with Crippen LogP contribution in [0.2, 0.25) is 0 Å². The molecular formula is C24H32O6. The third-order valence-corrected chi connectivity index (χ3v) is 9.79. The highest BCUT2D eigenvalue weighted by molar-refractivity contribution is 5.92. The summed E-state index contributed by atoms with van der Waals surface area (Å²) in [6.07, 6.45) is 6.21. The Kier molecular flexibility index (Phi) is 4.32. The highest BCUT2D eigenvalue weighted by Gasteiger charge is 2.71. The van der Waals surface area contributed by atoms with Crippen molar-refractivity contribution in [3.63, 3.8) is 0 Å². The van der Waals surface area contributed by atoms with Gasteiger partial charge in [0.05, 0.1) is 19.1 Å². The maximum atomic E-state index is 12.9. The van der Waals surface area contributed by atoms with Crippen molar-refractivity contribution < 1.29 is 29.0 Å². The van der Waals surface area contributed by atoms with Crippen LogP contribution in [-0.2, 0) is 23.9 Å². The maximum Gasteiger partial charge on any atom is 0.309 e. The zero-order chi connectivity index (χ0) is 21.5. The third-order valence-electron chi connectivity index (χ3n) is 9.79. The Labute approximate surface area is 177 Å². The van der Waals surface area contributed by atoms with E-state index in [2.05, 4.69) is 13.8 Å². The molecule has 1 N–H and O–H groups in total. The second kappa shape index (κ2) is 6.41. The number of allylic oxidation sites excluding steroid dienone is 1. The Hall–Kier alpha value is -1.69. The first-order chi connectivity index (χ1) is 14.1. The van der Waals surface area contributed by atoms with Gasteiger partial charge in [-0.15, -0.1) is 0 Å². The fourth-order valence-corrected chi connectivity index (χ4v) is 8.35. The highest BCUT2D eigenvalue weighted by atomic mass is 16.6. The molecule has 1 saturated heterocycles. The van der Waals surface area contributed by atoms with Gasteiger partial charge in [-0.1, -0.05) is 19.4 Å². The minimum Gasteiger partial charge on any atom is -0.469 e. The Bertz CT molecular complexity index is 847. The van der Waals surface area contributed by atoms with Crippen LogP contribution in [-0.4, -0.2) is 41.6 Å². The monoisotopic (exact) mass is 416 g/mol. The normalized spacial score (nSPS) is 49.7. The van der Waals surface area contributed by atoms with E-state index in [1.807, 2.05) is 0 Å². The first kappa shape index (κ1) is 20.2. The molecule has 0 aromatic rings. The maximum absolute atomic E-state index is 12.9. The van der Waals surface area contributed by atoms with Crippen molar-refractivity contribution in [2.75, 3.05) is 7.11 Å². The van der Waals surface area contributed by atoms with E-state index in [1.165, 1.54) is 7.11 Å². The van der Waals surface area contributed by atoms with E-state index in [1.54, 1.807) is 6.08 Å². The topological polar surface area (TPSA) is 89.9 Å². The van der Waals surface area contributed by atoms with Crippen molar-refractivity contribution in [3.05, 3.63) is 11.6 Å². The van der Waals surface area contributed by atoms with Crippen molar-refractivity contribution >= 4 is 17.7 Å². The summed E-state index contributed by atoms with van der Waals surface area (Å²) in [6, 6.07) is 0. The zero-order valence-electron chi connectivity index (χ0n) is 18.1. The van der Waals surface area contributed by atoms with Crippen LogP contribution in [0.4, 0.5) is 0 Å². The van der Waals surface area contributed by atoms with E-state index in [4.69, 9.17) is 9.47 Å². The van der Waals surface area contributed by atoms with Crippen molar-refractivity contribution in [1.29, 1.82) is 0 Å². The number of ketones is 1. The van der Waals surface area contributed by atoms with Crippen LogP contribution < -0.4 is 0 Å². The molecule has 1 aliphatic heterocycles. The van der Waals surface area contributed by atoms with Gasteiger partial charge in [0.1, 0.15) is 5.60 Å². The Morgan fingerprint density at radius 3 is 2.63 bits per heavy atom. The molecule has 6 heteroatoms. The largest absolute Gasteiger partial charge is 0.469 e. The predicted molar refractivity (Wildman–Crippen MR) is 107 cm³/mol. The second-order valence-corrected chi connectivity index (χ2v) is 10.8. The molecule has 0 amide bonds. The number of rotatable bonds is 1. The quantitative estimate of drug-likeness (QED) is 0.661. The molecule has 4 fully saturated rings. The van der Waals surface area contributed by atoms with Gasteiger partial charge in [0.2, 0.25) is 0 Å². The molecular weight excluding hydrogens is 384 g/mol. The molecule has 4 aliphatic carbocycles. The lowest BCUT2D eigenvalue weighted by Crippen LogP contribution is -2.62.